The van der Waals surface area contributed by atoms with Crippen LogP contribution in [-0.2, 0) is 9.59 Å². The quantitative estimate of drug-likeness (QED) is 0.643. The van der Waals surface area contributed by atoms with Gasteiger partial charge in [-0.1, -0.05) is 17.8 Å². The van der Waals surface area contributed by atoms with E-state index in [1.807, 2.05) is 37.3 Å². The second-order valence-electron chi connectivity index (χ2n) is 6.70. The molecule has 0 aliphatic carbocycles. The Morgan fingerprint density at radius 2 is 2.03 bits per heavy atom. The van der Waals surface area contributed by atoms with Crippen molar-refractivity contribution in [3.8, 4) is 10.6 Å². The number of aryl methyl sites for hydroxylation is 1. The zero-order valence-corrected chi connectivity index (χ0v) is 17.7. The van der Waals surface area contributed by atoms with Crippen molar-refractivity contribution < 1.29 is 9.59 Å². The van der Waals surface area contributed by atoms with Gasteiger partial charge in [-0.25, -0.2) is 4.98 Å². The van der Waals surface area contributed by atoms with Gasteiger partial charge in [-0.05, 0) is 55.8 Å². The summed E-state index contributed by atoms with van der Waals surface area (Å²) >= 11 is 2.96. The Balaban J connectivity index is 1.40. The molecular weight excluding hydrogens is 404 g/mol. The van der Waals surface area contributed by atoms with Crippen molar-refractivity contribution in [1.82, 2.24) is 10.3 Å². The van der Waals surface area contributed by atoms with Crippen LogP contribution < -0.4 is 10.6 Å². The Bertz CT molecular complexity index is 1110. The van der Waals surface area contributed by atoms with E-state index >= 15 is 0 Å². The van der Waals surface area contributed by atoms with E-state index in [4.69, 9.17) is 0 Å². The van der Waals surface area contributed by atoms with Gasteiger partial charge in [0.15, 0.2) is 5.17 Å². The van der Waals surface area contributed by atoms with Gasteiger partial charge in [0, 0.05) is 24.2 Å². The first kappa shape index (κ1) is 19.6. The number of aromatic nitrogens is 1. The first-order chi connectivity index (χ1) is 14.0. The average molecular weight is 425 g/mol. The summed E-state index contributed by atoms with van der Waals surface area (Å²) < 4.78 is 1.16. The Labute approximate surface area is 176 Å². The first-order valence-electron chi connectivity index (χ1n) is 9.31. The van der Waals surface area contributed by atoms with Gasteiger partial charge in [0.1, 0.15) is 10.3 Å². The van der Waals surface area contributed by atoms with Crippen LogP contribution in [0.2, 0.25) is 0 Å². The second-order valence-corrected chi connectivity index (χ2v) is 8.92. The first-order valence-corrected chi connectivity index (χ1v) is 11.0. The van der Waals surface area contributed by atoms with Gasteiger partial charge >= 0.3 is 0 Å². The summed E-state index contributed by atoms with van der Waals surface area (Å²) in [4.78, 5) is 33.1. The monoisotopic (exact) mass is 424 g/mol. The number of hydrogen-bond acceptors (Lipinski definition) is 6. The SMILES string of the molecule is CCN=C1NC(=O)C(CC(=O)Nc2ccc(-c3nc4ccc(C)cc4s3)cc2)S1. The van der Waals surface area contributed by atoms with Crippen molar-refractivity contribution in [3.63, 3.8) is 0 Å². The molecule has 148 valence electrons. The van der Waals surface area contributed by atoms with Gasteiger partial charge in [-0.2, -0.15) is 0 Å². The zero-order chi connectivity index (χ0) is 20.4. The summed E-state index contributed by atoms with van der Waals surface area (Å²) in [5, 5.41) is 6.66. The number of carbonyl (C=O) groups excluding carboxylic acids is 2. The van der Waals surface area contributed by atoms with Gasteiger partial charge in [-0.15, -0.1) is 11.3 Å². The van der Waals surface area contributed by atoms with E-state index in [-0.39, 0.29) is 18.2 Å². The Hall–Kier alpha value is -2.71. The van der Waals surface area contributed by atoms with Crippen molar-refractivity contribution in [1.29, 1.82) is 0 Å². The van der Waals surface area contributed by atoms with Crippen LogP contribution in [0.4, 0.5) is 5.69 Å². The standard InChI is InChI=1S/C21H20N4O2S2/c1-3-22-21-25-19(27)17(29-21)11-18(26)23-14-7-5-13(6-8-14)20-24-15-9-4-12(2)10-16(15)28-20/h4-10,17H,3,11H2,1-2H3,(H,23,26)(H,22,25,27). The lowest BCUT2D eigenvalue weighted by atomic mass is 10.2. The highest BCUT2D eigenvalue weighted by molar-refractivity contribution is 8.15. The maximum absolute atomic E-state index is 12.3. The van der Waals surface area contributed by atoms with E-state index in [1.165, 1.54) is 17.3 Å². The Kier molecular flexibility index (Phi) is 5.64. The van der Waals surface area contributed by atoms with E-state index < -0.39 is 5.25 Å². The summed E-state index contributed by atoms with van der Waals surface area (Å²) in [7, 11) is 0. The molecule has 1 aromatic heterocycles. The van der Waals surface area contributed by atoms with Crippen LogP contribution in [0.5, 0.6) is 0 Å². The van der Waals surface area contributed by atoms with E-state index in [1.54, 1.807) is 11.3 Å². The number of benzene rings is 2. The minimum atomic E-state index is -0.439. The number of nitrogens with one attached hydrogen (secondary N) is 2. The number of hydrogen-bond donors (Lipinski definition) is 2. The number of thioether (sulfide) groups is 1. The van der Waals surface area contributed by atoms with Crippen molar-refractivity contribution in [2.45, 2.75) is 25.5 Å². The van der Waals surface area contributed by atoms with Crippen LogP contribution in [0.25, 0.3) is 20.8 Å². The molecule has 29 heavy (non-hydrogen) atoms. The number of anilines is 1. The lowest BCUT2D eigenvalue weighted by Gasteiger charge is -2.08. The summed E-state index contributed by atoms with van der Waals surface area (Å²) in [6.07, 6.45) is 0.109. The van der Waals surface area contributed by atoms with Gasteiger partial charge in [0.2, 0.25) is 11.8 Å². The fraction of sp³-hybridized carbons (Fsp3) is 0.238. The number of amides is 2. The van der Waals surface area contributed by atoms with Crippen molar-refractivity contribution in [2.75, 3.05) is 11.9 Å². The minimum absolute atomic E-state index is 0.109. The Morgan fingerprint density at radius 1 is 1.24 bits per heavy atom. The van der Waals surface area contributed by atoms with E-state index in [9.17, 15) is 9.59 Å². The normalized spacial score (nSPS) is 17.7. The molecule has 6 nitrogen and oxygen atoms in total. The predicted octanol–water partition coefficient (Wildman–Crippen LogP) is 4.21. The number of nitrogens with zero attached hydrogens (tertiary/aromatic N) is 2. The largest absolute Gasteiger partial charge is 0.326 e. The molecule has 3 aromatic rings. The molecule has 0 spiro atoms. The molecule has 1 saturated heterocycles. The fourth-order valence-electron chi connectivity index (χ4n) is 2.99. The molecule has 4 rings (SSSR count). The molecule has 2 heterocycles. The zero-order valence-electron chi connectivity index (χ0n) is 16.1. The van der Waals surface area contributed by atoms with Crippen molar-refractivity contribution >= 4 is 56.0 Å². The molecule has 1 atom stereocenters. The van der Waals surface area contributed by atoms with Crippen LogP contribution in [0.3, 0.4) is 0 Å². The van der Waals surface area contributed by atoms with E-state index in [2.05, 4.69) is 39.7 Å². The van der Waals surface area contributed by atoms with Crippen LogP contribution in [-0.4, -0.2) is 33.8 Å². The molecule has 1 fully saturated rings. The molecule has 2 N–H and O–H groups in total. The van der Waals surface area contributed by atoms with Crippen LogP contribution in [0.1, 0.15) is 18.9 Å². The van der Waals surface area contributed by atoms with Crippen molar-refractivity contribution in [3.05, 3.63) is 48.0 Å². The van der Waals surface area contributed by atoms with Crippen LogP contribution in [0.15, 0.2) is 47.5 Å². The number of aliphatic imine (C=N–C) groups is 1. The maximum atomic E-state index is 12.3. The molecule has 0 radical (unpaired) electrons. The highest BCUT2D eigenvalue weighted by Gasteiger charge is 2.31. The molecular formula is C21H20N4O2S2. The second kappa shape index (κ2) is 8.34. The summed E-state index contributed by atoms with van der Waals surface area (Å²) in [6.45, 7) is 4.57. The highest BCUT2D eigenvalue weighted by Crippen LogP contribution is 2.31. The van der Waals surface area contributed by atoms with Gasteiger partial charge in [0.05, 0.1) is 10.2 Å². The van der Waals surface area contributed by atoms with Crippen LogP contribution >= 0.6 is 23.1 Å². The summed E-state index contributed by atoms with van der Waals surface area (Å²) in [6, 6.07) is 13.8. The molecule has 2 amide bonds. The number of rotatable bonds is 5. The molecule has 1 unspecified atom stereocenters. The molecule has 2 aromatic carbocycles. The third-order valence-electron chi connectivity index (χ3n) is 4.41. The molecule has 1 aliphatic heterocycles. The lowest BCUT2D eigenvalue weighted by Crippen LogP contribution is -2.28. The smallest absolute Gasteiger partial charge is 0.240 e. The fourth-order valence-corrected chi connectivity index (χ4v) is 5.09. The number of thiazole rings is 1. The number of amidine groups is 1. The number of carbonyl (C=O) groups is 2. The number of fused-ring (bicyclic) bond motifs is 1. The maximum Gasteiger partial charge on any atom is 0.240 e. The molecule has 8 heteroatoms. The average Bonchev–Trinajstić information content (AvgIpc) is 3.25. The molecule has 0 saturated carbocycles. The third-order valence-corrected chi connectivity index (χ3v) is 6.60. The molecule has 1 aliphatic rings. The van der Waals surface area contributed by atoms with Gasteiger partial charge in [0.25, 0.3) is 0 Å². The predicted molar refractivity (Wildman–Crippen MR) is 121 cm³/mol. The molecule has 0 bridgehead atoms. The summed E-state index contributed by atoms with van der Waals surface area (Å²) in [5.74, 6) is -0.364. The van der Waals surface area contributed by atoms with Crippen molar-refractivity contribution in [2.24, 2.45) is 4.99 Å². The van der Waals surface area contributed by atoms with E-state index in [0.717, 1.165) is 20.8 Å². The van der Waals surface area contributed by atoms with Gasteiger partial charge in [-0.3, -0.25) is 14.6 Å². The third kappa shape index (κ3) is 4.49. The minimum Gasteiger partial charge on any atom is -0.326 e. The van der Waals surface area contributed by atoms with Crippen LogP contribution in [0, 0.1) is 6.92 Å². The lowest BCUT2D eigenvalue weighted by molar-refractivity contribution is -0.122. The highest BCUT2D eigenvalue weighted by atomic mass is 32.2. The topological polar surface area (TPSA) is 83.5 Å². The Morgan fingerprint density at radius 3 is 2.79 bits per heavy atom. The van der Waals surface area contributed by atoms with E-state index in [0.29, 0.717) is 17.4 Å². The van der Waals surface area contributed by atoms with Gasteiger partial charge < -0.3 is 10.6 Å². The summed E-state index contributed by atoms with van der Waals surface area (Å²) in [5.41, 5.74) is 3.91.